The van der Waals surface area contributed by atoms with Crippen LogP contribution in [-0.4, -0.2) is 48.1 Å². The summed E-state index contributed by atoms with van der Waals surface area (Å²) in [5.74, 6) is -2.01. The highest BCUT2D eigenvalue weighted by Crippen LogP contribution is 2.27. The predicted octanol–water partition coefficient (Wildman–Crippen LogP) is 4.93. The third kappa shape index (κ3) is 6.50. The number of carbonyl (C=O) groups excluding carboxylic acids is 2. The molecule has 3 rings (SSSR count). The van der Waals surface area contributed by atoms with E-state index in [2.05, 4.69) is 5.32 Å². The summed E-state index contributed by atoms with van der Waals surface area (Å²) in [6.07, 6.45) is 1.33. The fourth-order valence-corrected chi connectivity index (χ4v) is 3.38. The average Bonchev–Trinajstić information content (AvgIpc) is 2.74. The molecule has 172 valence electrons. The Morgan fingerprint density at radius 1 is 1.09 bits per heavy atom. The number of ketones is 1. The summed E-state index contributed by atoms with van der Waals surface area (Å²) < 4.78 is 38.1. The average molecular weight is 446 g/mol. The van der Waals surface area contributed by atoms with E-state index in [0.717, 1.165) is 25.0 Å². The summed E-state index contributed by atoms with van der Waals surface area (Å²) in [5, 5.41) is 3.21. The van der Waals surface area contributed by atoms with Crippen LogP contribution in [0.25, 0.3) is 0 Å². The van der Waals surface area contributed by atoms with Crippen LogP contribution >= 0.6 is 0 Å². The van der Waals surface area contributed by atoms with Gasteiger partial charge in [-0.1, -0.05) is 6.07 Å². The van der Waals surface area contributed by atoms with Crippen LogP contribution in [0.3, 0.4) is 0 Å². The highest BCUT2D eigenvalue weighted by Gasteiger charge is 2.27. The summed E-state index contributed by atoms with van der Waals surface area (Å²) in [5.41, 5.74) is -0.111. The molecular formula is C24H28F2N2O4. The van der Waals surface area contributed by atoms with Crippen LogP contribution in [0.2, 0.25) is 0 Å². The Labute approximate surface area is 186 Å². The molecular weight excluding hydrogens is 418 g/mol. The molecule has 1 saturated heterocycles. The SMILES string of the molecule is CC(C)(C)OC(=O)N1CCCC(NCC(=O)c2ccc(Oc3c(F)cccc3F)cc2)C1. The number of hydrogen-bond acceptors (Lipinski definition) is 5. The molecule has 1 fully saturated rings. The first-order valence-electron chi connectivity index (χ1n) is 10.6. The van der Waals surface area contributed by atoms with Gasteiger partial charge in [0.15, 0.2) is 23.2 Å². The second kappa shape index (κ2) is 10.1. The second-order valence-electron chi connectivity index (χ2n) is 8.75. The van der Waals surface area contributed by atoms with Crippen LogP contribution in [0.15, 0.2) is 42.5 Å². The Balaban J connectivity index is 1.52. The van der Waals surface area contributed by atoms with E-state index in [-0.39, 0.29) is 30.2 Å². The quantitative estimate of drug-likeness (QED) is 0.638. The predicted molar refractivity (Wildman–Crippen MR) is 116 cm³/mol. The Kier molecular flexibility index (Phi) is 7.45. The van der Waals surface area contributed by atoms with Crippen molar-refractivity contribution < 1.29 is 27.8 Å². The number of ether oxygens (including phenoxy) is 2. The molecule has 1 N–H and O–H groups in total. The van der Waals surface area contributed by atoms with E-state index in [1.165, 1.54) is 18.2 Å². The molecule has 0 saturated carbocycles. The molecule has 1 amide bonds. The van der Waals surface area contributed by atoms with E-state index in [0.29, 0.717) is 18.7 Å². The smallest absolute Gasteiger partial charge is 0.410 e. The van der Waals surface area contributed by atoms with E-state index in [4.69, 9.17) is 9.47 Å². The third-order valence-corrected chi connectivity index (χ3v) is 4.94. The summed E-state index contributed by atoms with van der Waals surface area (Å²) in [4.78, 5) is 26.5. The molecule has 32 heavy (non-hydrogen) atoms. The number of hydrogen-bond donors (Lipinski definition) is 1. The highest BCUT2D eigenvalue weighted by molar-refractivity contribution is 5.97. The van der Waals surface area contributed by atoms with Crippen LogP contribution in [0, 0.1) is 11.6 Å². The number of nitrogens with one attached hydrogen (secondary N) is 1. The molecule has 1 aliphatic heterocycles. The monoisotopic (exact) mass is 446 g/mol. The van der Waals surface area contributed by atoms with Gasteiger partial charge in [0.25, 0.3) is 0 Å². The summed E-state index contributed by atoms with van der Waals surface area (Å²) >= 11 is 0. The number of benzene rings is 2. The largest absolute Gasteiger partial charge is 0.451 e. The lowest BCUT2D eigenvalue weighted by Crippen LogP contribution is -2.50. The van der Waals surface area contributed by atoms with E-state index in [1.807, 2.05) is 20.8 Å². The van der Waals surface area contributed by atoms with Crippen LogP contribution in [-0.2, 0) is 4.74 Å². The number of para-hydroxylation sites is 1. The van der Waals surface area contributed by atoms with Gasteiger partial charge in [-0.3, -0.25) is 4.79 Å². The van der Waals surface area contributed by atoms with Crippen molar-refractivity contribution in [1.29, 1.82) is 0 Å². The molecule has 0 bridgehead atoms. The number of carbonyl (C=O) groups is 2. The first kappa shape index (κ1) is 23.7. The van der Waals surface area contributed by atoms with Crippen molar-refractivity contribution in [1.82, 2.24) is 10.2 Å². The Bertz CT molecular complexity index is 937. The number of likely N-dealkylation sites (tertiary alicyclic amines) is 1. The van der Waals surface area contributed by atoms with Crippen LogP contribution in [0.1, 0.15) is 44.0 Å². The Morgan fingerprint density at radius 2 is 1.75 bits per heavy atom. The minimum atomic E-state index is -0.803. The minimum absolute atomic E-state index is 0.00754. The number of piperidine rings is 1. The number of rotatable bonds is 6. The van der Waals surface area contributed by atoms with E-state index < -0.39 is 23.0 Å². The molecule has 0 radical (unpaired) electrons. The standard InChI is InChI=1S/C24H28F2N2O4/c1-24(2,3)32-23(30)28-13-5-6-17(15-28)27-14-21(29)16-9-11-18(12-10-16)31-22-19(25)7-4-8-20(22)26/h4,7-12,17,27H,5-6,13-15H2,1-3H3. The molecule has 1 heterocycles. The third-order valence-electron chi connectivity index (χ3n) is 4.94. The molecule has 1 aliphatic rings. The fraction of sp³-hybridized carbons (Fsp3) is 0.417. The normalized spacial score (nSPS) is 16.5. The maximum Gasteiger partial charge on any atom is 0.410 e. The Morgan fingerprint density at radius 3 is 2.38 bits per heavy atom. The first-order valence-corrected chi connectivity index (χ1v) is 10.6. The van der Waals surface area contributed by atoms with Gasteiger partial charge < -0.3 is 19.7 Å². The molecule has 2 aromatic carbocycles. The van der Waals surface area contributed by atoms with Crippen molar-refractivity contribution in [3.05, 3.63) is 59.7 Å². The van der Waals surface area contributed by atoms with Crippen LogP contribution in [0.5, 0.6) is 11.5 Å². The highest BCUT2D eigenvalue weighted by atomic mass is 19.1. The summed E-state index contributed by atoms with van der Waals surface area (Å²) in [6, 6.07) is 9.54. The number of Topliss-reactive ketones (excluding diaryl/α,β-unsaturated/α-hetero) is 1. The molecule has 0 aromatic heterocycles. The van der Waals surface area contributed by atoms with Crippen molar-refractivity contribution in [2.45, 2.75) is 45.3 Å². The number of halogens is 2. The number of nitrogens with zero attached hydrogens (tertiary/aromatic N) is 1. The molecule has 0 spiro atoms. The topological polar surface area (TPSA) is 67.9 Å². The second-order valence-corrected chi connectivity index (χ2v) is 8.75. The molecule has 1 unspecified atom stereocenters. The lowest BCUT2D eigenvalue weighted by molar-refractivity contribution is 0.0188. The van der Waals surface area contributed by atoms with Crippen molar-refractivity contribution >= 4 is 11.9 Å². The lowest BCUT2D eigenvalue weighted by atomic mass is 10.1. The van der Waals surface area contributed by atoms with Gasteiger partial charge in [0.1, 0.15) is 11.4 Å². The van der Waals surface area contributed by atoms with Crippen LogP contribution < -0.4 is 10.1 Å². The lowest BCUT2D eigenvalue weighted by Gasteiger charge is -2.34. The van der Waals surface area contributed by atoms with E-state index >= 15 is 0 Å². The number of amides is 1. The zero-order valence-electron chi connectivity index (χ0n) is 18.5. The zero-order valence-corrected chi connectivity index (χ0v) is 18.5. The molecule has 6 nitrogen and oxygen atoms in total. The first-order chi connectivity index (χ1) is 15.1. The summed E-state index contributed by atoms with van der Waals surface area (Å²) in [6.45, 7) is 6.69. The molecule has 2 aromatic rings. The van der Waals surface area contributed by atoms with Crippen molar-refractivity contribution in [3.63, 3.8) is 0 Å². The van der Waals surface area contributed by atoms with Gasteiger partial charge in [-0.05, 0) is 70.0 Å². The van der Waals surface area contributed by atoms with Crippen LogP contribution in [0.4, 0.5) is 13.6 Å². The van der Waals surface area contributed by atoms with Gasteiger partial charge in [-0.15, -0.1) is 0 Å². The maximum atomic E-state index is 13.7. The van der Waals surface area contributed by atoms with Gasteiger partial charge in [0.2, 0.25) is 0 Å². The van der Waals surface area contributed by atoms with Gasteiger partial charge in [0.05, 0.1) is 6.54 Å². The molecule has 1 atom stereocenters. The van der Waals surface area contributed by atoms with E-state index in [1.54, 1.807) is 17.0 Å². The fourth-order valence-electron chi connectivity index (χ4n) is 3.38. The van der Waals surface area contributed by atoms with E-state index in [9.17, 15) is 18.4 Å². The van der Waals surface area contributed by atoms with Gasteiger partial charge >= 0.3 is 6.09 Å². The summed E-state index contributed by atoms with van der Waals surface area (Å²) in [7, 11) is 0. The maximum absolute atomic E-state index is 13.7. The Hall–Kier alpha value is -3.00. The van der Waals surface area contributed by atoms with Gasteiger partial charge in [0, 0.05) is 24.7 Å². The van der Waals surface area contributed by atoms with Crippen molar-refractivity contribution in [2.24, 2.45) is 0 Å². The van der Waals surface area contributed by atoms with Gasteiger partial charge in [-0.25, -0.2) is 13.6 Å². The minimum Gasteiger partial charge on any atom is -0.451 e. The van der Waals surface area contributed by atoms with Gasteiger partial charge in [-0.2, -0.15) is 0 Å². The molecule has 0 aliphatic carbocycles. The molecule has 8 heteroatoms. The van der Waals surface area contributed by atoms with Crippen molar-refractivity contribution in [3.8, 4) is 11.5 Å². The van der Waals surface area contributed by atoms with Crippen molar-refractivity contribution in [2.75, 3.05) is 19.6 Å². The zero-order chi connectivity index (χ0) is 23.3.